The average molecular weight is 1530 g/mol. The molecule has 0 bridgehead atoms. The Bertz CT molecular complexity index is 2100. The fourth-order valence-corrected chi connectivity index (χ4v) is 6.31. The summed E-state index contributed by atoms with van der Waals surface area (Å²) in [6.45, 7) is -11.3. The van der Waals surface area contributed by atoms with Crippen LogP contribution in [0.2, 0.25) is 0 Å². The predicted molar refractivity (Wildman–Crippen MR) is 321 cm³/mol. The smallest absolute Gasteiger partial charge is 0.383 e. The summed E-state index contributed by atoms with van der Waals surface area (Å²) in [5.74, 6) is 2.59. The fourth-order valence-electron chi connectivity index (χ4n) is 6.31. The number of aliphatic hydroxyl groups is 10. The molecule has 1 rings (SSSR count). The lowest BCUT2D eigenvalue weighted by Crippen LogP contribution is -2.40. The van der Waals surface area contributed by atoms with Gasteiger partial charge in [0.25, 0.3) is 0 Å². The monoisotopic (exact) mass is 1530 g/mol. The SMILES string of the molecule is C#CCOCC(O)COCC(F)(F)OC(F)(F)COCOCCOCC(O)COCCO.C=CCOCC(O)COCC(O)COCC(F)(F)OC(F)(F)COCOCCOCC(O)COCCO.OCCOCC(O)COCCOCC(F)(F)OC(F)(F)COCC(O)COc1ccccc1. The molecular formula is C59H98F12O31. The Morgan fingerprint density at radius 1 is 0.333 bits per heavy atom. The molecule has 0 saturated heterocycles. The highest BCUT2D eigenvalue weighted by Gasteiger charge is 2.47. The summed E-state index contributed by atoms with van der Waals surface area (Å²) in [7, 11) is 0. The molecule has 0 saturated carbocycles. The summed E-state index contributed by atoms with van der Waals surface area (Å²) in [5.41, 5.74) is 0. The van der Waals surface area contributed by atoms with Gasteiger partial charge >= 0.3 is 36.7 Å². The van der Waals surface area contributed by atoms with E-state index in [0.29, 0.717) is 5.75 Å². The molecule has 102 heavy (non-hydrogen) atoms. The Morgan fingerprint density at radius 3 is 0.931 bits per heavy atom. The third-order valence-corrected chi connectivity index (χ3v) is 10.3. The van der Waals surface area contributed by atoms with Crippen molar-refractivity contribution in [2.24, 2.45) is 0 Å². The molecular weight excluding hydrogens is 1430 g/mol. The maximum absolute atomic E-state index is 13.6. The number of terminal acetylenes is 1. The predicted octanol–water partition coefficient (Wildman–Crippen LogP) is 0.164. The first kappa shape index (κ1) is 100. The quantitative estimate of drug-likeness (QED) is 0.0137. The van der Waals surface area contributed by atoms with Gasteiger partial charge in [-0.15, -0.1) is 13.0 Å². The first-order valence-corrected chi connectivity index (χ1v) is 30.8. The number of hydrogen-bond donors (Lipinski definition) is 10. The van der Waals surface area contributed by atoms with E-state index in [1.807, 2.05) is 0 Å². The van der Waals surface area contributed by atoms with Crippen molar-refractivity contribution in [2.75, 3.05) is 238 Å². The maximum atomic E-state index is 13.6. The topological polar surface area (TPSA) is 396 Å². The van der Waals surface area contributed by atoms with Gasteiger partial charge in [-0.05, 0) is 12.1 Å². The largest absolute Gasteiger partial charge is 0.491 e. The molecule has 1 aromatic rings. The van der Waals surface area contributed by atoms with E-state index in [9.17, 15) is 88.4 Å². The highest BCUT2D eigenvalue weighted by Crippen LogP contribution is 2.30. The van der Waals surface area contributed by atoms with Gasteiger partial charge in [-0.25, -0.2) is 0 Å². The normalized spacial score (nSPS) is 14.6. The lowest BCUT2D eigenvalue weighted by molar-refractivity contribution is -0.397. The van der Waals surface area contributed by atoms with Crippen molar-refractivity contribution < 1.29 is 203 Å². The number of halogens is 12. The third kappa shape index (κ3) is 68.1. The maximum Gasteiger partial charge on any atom is 0.383 e. The molecule has 0 spiro atoms. The van der Waals surface area contributed by atoms with Gasteiger partial charge in [-0.2, -0.15) is 52.7 Å². The second-order valence-electron chi connectivity index (χ2n) is 20.4. The van der Waals surface area contributed by atoms with E-state index in [0.717, 1.165) is 0 Å². The second kappa shape index (κ2) is 62.3. The van der Waals surface area contributed by atoms with E-state index in [2.05, 4.69) is 55.1 Å². The number of aliphatic hydroxyl groups excluding tert-OH is 10. The summed E-state index contributed by atoms with van der Waals surface area (Å²) >= 11 is 0. The van der Waals surface area contributed by atoms with Crippen molar-refractivity contribution >= 4 is 0 Å². The molecule has 1 aromatic carbocycles. The first-order chi connectivity index (χ1) is 48.3. The minimum Gasteiger partial charge on any atom is -0.491 e. The minimum atomic E-state index is -4.39. The van der Waals surface area contributed by atoms with Crippen LogP contribution >= 0.6 is 0 Å². The van der Waals surface area contributed by atoms with Crippen molar-refractivity contribution in [1.29, 1.82) is 0 Å². The van der Waals surface area contributed by atoms with Crippen molar-refractivity contribution in [3.63, 3.8) is 0 Å². The third-order valence-electron chi connectivity index (χ3n) is 10.3. The van der Waals surface area contributed by atoms with Gasteiger partial charge in [-0.3, -0.25) is 14.2 Å². The fraction of sp³-hybridized carbons (Fsp3) is 0.831. The van der Waals surface area contributed by atoms with E-state index < -0.39 is 152 Å². The van der Waals surface area contributed by atoms with E-state index in [1.54, 1.807) is 30.3 Å². The molecule has 0 aliphatic carbocycles. The van der Waals surface area contributed by atoms with Crippen LogP contribution in [0.4, 0.5) is 52.7 Å². The molecule has 7 unspecified atom stereocenters. The van der Waals surface area contributed by atoms with Gasteiger partial charge < -0.3 is 136 Å². The van der Waals surface area contributed by atoms with Gasteiger partial charge in [0.15, 0.2) is 0 Å². The van der Waals surface area contributed by atoms with Crippen molar-refractivity contribution in [3.05, 3.63) is 43.0 Å². The van der Waals surface area contributed by atoms with Crippen LogP contribution in [0.25, 0.3) is 0 Å². The average Bonchev–Trinajstić information content (AvgIpc) is 0.881. The second-order valence-corrected chi connectivity index (χ2v) is 20.4. The van der Waals surface area contributed by atoms with Gasteiger partial charge in [0.2, 0.25) is 0 Å². The molecule has 7 atom stereocenters. The molecule has 10 N–H and O–H groups in total. The lowest BCUT2D eigenvalue weighted by atomic mass is 10.3. The van der Waals surface area contributed by atoms with Crippen LogP contribution in [0.1, 0.15) is 0 Å². The van der Waals surface area contributed by atoms with Crippen LogP contribution in [-0.2, 0) is 94.7 Å². The summed E-state index contributed by atoms with van der Waals surface area (Å²) < 4.78 is 259. The Balaban J connectivity index is 0. The summed E-state index contributed by atoms with van der Waals surface area (Å²) in [6.07, 6.45) is -27.3. The number of hydrogen-bond acceptors (Lipinski definition) is 31. The Kier molecular flexibility index (Phi) is 61.3. The van der Waals surface area contributed by atoms with E-state index in [4.69, 9.17) is 78.6 Å². The molecule has 31 nitrogen and oxygen atoms in total. The zero-order valence-electron chi connectivity index (χ0n) is 55.8. The van der Waals surface area contributed by atoms with Crippen LogP contribution in [0.3, 0.4) is 0 Å². The molecule has 0 heterocycles. The molecule has 0 fully saturated rings. The van der Waals surface area contributed by atoms with Crippen LogP contribution < -0.4 is 4.74 Å². The van der Waals surface area contributed by atoms with E-state index in [1.165, 1.54) is 6.08 Å². The minimum absolute atomic E-state index is 0.00233. The molecule has 604 valence electrons. The highest BCUT2D eigenvalue weighted by atomic mass is 19.3. The molecule has 43 heteroatoms. The number of rotatable bonds is 69. The molecule has 0 aliphatic rings. The van der Waals surface area contributed by atoms with Crippen molar-refractivity contribution in [3.8, 4) is 18.1 Å². The highest BCUT2D eigenvalue weighted by molar-refractivity contribution is 5.20. The Morgan fingerprint density at radius 2 is 0.598 bits per heavy atom. The first-order valence-electron chi connectivity index (χ1n) is 30.8. The molecule has 0 amide bonds. The van der Waals surface area contributed by atoms with E-state index in [-0.39, 0.29) is 165 Å². The number of ether oxygens (including phenoxy) is 21. The van der Waals surface area contributed by atoms with Gasteiger partial charge in [-0.1, -0.05) is 30.2 Å². The molecule has 0 aromatic heterocycles. The van der Waals surface area contributed by atoms with Gasteiger partial charge in [0.05, 0.1) is 172 Å². The van der Waals surface area contributed by atoms with Crippen molar-refractivity contribution in [2.45, 2.75) is 79.4 Å². The summed E-state index contributed by atoms with van der Waals surface area (Å²) in [4.78, 5) is 0. The lowest BCUT2D eigenvalue weighted by Gasteiger charge is -2.24. The molecule has 0 aliphatic heterocycles. The van der Waals surface area contributed by atoms with E-state index >= 15 is 0 Å². The zero-order chi connectivity index (χ0) is 76.9. The van der Waals surface area contributed by atoms with Crippen LogP contribution in [-0.4, -0.2) is 369 Å². The number of para-hydroxylation sites is 1. The van der Waals surface area contributed by atoms with Crippen LogP contribution in [0.15, 0.2) is 43.0 Å². The van der Waals surface area contributed by atoms with Gasteiger partial charge in [0.1, 0.15) is 115 Å². The van der Waals surface area contributed by atoms with Crippen molar-refractivity contribution in [1.82, 2.24) is 0 Å². The molecule has 0 radical (unpaired) electrons. The summed E-state index contributed by atoms with van der Waals surface area (Å²) in [6, 6.07) is 8.43. The van der Waals surface area contributed by atoms with Crippen LogP contribution in [0, 0.1) is 12.3 Å². The Hall–Kier alpha value is -3.72. The zero-order valence-corrected chi connectivity index (χ0v) is 55.8. The Labute approximate surface area is 580 Å². The van der Waals surface area contributed by atoms with Crippen LogP contribution in [0.5, 0.6) is 5.75 Å². The summed E-state index contributed by atoms with van der Waals surface area (Å²) in [5, 5.41) is 92.1. The number of benzene rings is 1. The van der Waals surface area contributed by atoms with Gasteiger partial charge in [0, 0.05) is 0 Å². The number of alkyl halides is 12. The standard InChI is InChI=1S/C21H38F4O12.C20H30F4O9.C18H30F4O10/c1-2-4-30-8-18(28)11-34-12-19(29)13-35-14-20(22,23)37-21(24,25)15-36-16-33-7-6-32-10-17(27)9-31-5-3-26;21-19(22,14-30-9-8-29-11-16(26)10-28-7-6-25)33-20(23,24)15-31-12-17(27)13-32-18-4-2-1-3-5-18;1-2-4-26-8-16(25)11-30-12-17(19,20)32-18(21,22)13-31-14-29-7-6-28-10-15(24)9-27-5-3-23/h2,17-19,26-29H,1,3-16H2;1-5,16-17,25-27H,6-15H2;1,15-16,23-25H,3-14H2.